The molecular weight excluding hydrogens is 286 g/mol. The number of fused-ring (bicyclic) bond motifs is 1. The van der Waals surface area contributed by atoms with Crippen molar-refractivity contribution in [3.63, 3.8) is 0 Å². The smallest absolute Gasteiger partial charge is 0.141 e. The third-order valence-electron chi connectivity index (χ3n) is 4.40. The molecule has 1 aromatic heterocycles. The van der Waals surface area contributed by atoms with Crippen LogP contribution in [0.4, 0.5) is 0 Å². The normalized spacial score (nSPS) is 17.3. The highest BCUT2D eigenvalue weighted by molar-refractivity contribution is 5.74. The summed E-state index contributed by atoms with van der Waals surface area (Å²) in [4.78, 5) is 10.5. The van der Waals surface area contributed by atoms with Crippen LogP contribution in [-0.4, -0.2) is 41.6 Å². The van der Waals surface area contributed by atoms with Crippen molar-refractivity contribution in [1.29, 1.82) is 0 Å². The standard InChI is InChI=1S/C19H21N3O/c1-22-11-14(12-22)13-23-18(15-7-3-2-4-8-15)19-20-16-9-5-6-10-17(16)21-19/h2-10,14,18H,11-13H2,1H3,(H,20,21). The molecule has 1 N–H and O–H groups in total. The Morgan fingerprint density at radius 1 is 1.13 bits per heavy atom. The van der Waals surface area contributed by atoms with Crippen LogP contribution in [0.2, 0.25) is 0 Å². The van der Waals surface area contributed by atoms with E-state index in [1.54, 1.807) is 0 Å². The maximum Gasteiger partial charge on any atom is 0.141 e. The van der Waals surface area contributed by atoms with Crippen LogP contribution in [0.3, 0.4) is 0 Å². The third-order valence-corrected chi connectivity index (χ3v) is 4.40. The predicted octanol–water partition coefficient (Wildman–Crippen LogP) is 3.23. The van der Waals surface area contributed by atoms with Crippen LogP contribution in [0.15, 0.2) is 54.6 Å². The lowest BCUT2D eigenvalue weighted by Crippen LogP contribution is -2.46. The topological polar surface area (TPSA) is 41.1 Å². The average Bonchev–Trinajstić information content (AvgIpc) is 2.98. The van der Waals surface area contributed by atoms with Gasteiger partial charge in [-0.05, 0) is 24.7 Å². The number of imidazole rings is 1. The summed E-state index contributed by atoms with van der Waals surface area (Å²) in [5.74, 6) is 1.50. The second-order valence-corrected chi connectivity index (χ2v) is 6.35. The summed E-state index contributed by atoms with van der Waals surface area (Å²) in [6.07, 6.45) is -0.144. The second-order valence-electron chi connectivity index (χ2n) is 6.35. The van der Waals surface area contributed by atoms with Gasteiger partial charge in [0.2, 0.25) is 0 Å². The van der Waals surface area contributed by atoms with E-state index in [1.807, 2.05) is 36.4 Å². The van der Waals surface area contributed by atoms with Gasteiger partial charge in [-0.3, -0.25) is 0 Å². The van der Waals surface area contributed by atoms with Crippen molar-refractivity contribution in [3.8, 4) is 0 Å². The van der Waals surface area contributed by atoms with Gasteiger partial charge in [0, 0.05) is 19.0 Å². The van der Waals surface area contributed by atoms with Crippen LogP contribution in [0, 0.1) is 5.92 Å². The van der Waals surface area contributed by atoms with Crippen LogP contribution < -0.4 is 0 Å². The van der Waals surface area contributed by atoms with Crippen LogP contribution in [0.1, 0.15) is 17.5 Å². The maximum atomic E-state index is 6.28. The van der Waals surface area contributed by atoms with Crippen LogP contribution >= 0.6 is 0 Å². The van der Waals surface area contributed by atoms with Crippen LogP contribution in [0.5, 0.6) is 0 Å². The number of nitrogens with zero attached hydrogens (tertiary/aromatic N) is 2. The number of para-hydroxylation sites is 2. The predicted molar refractivity (Wildman–Crippen MR) is 91.3 cm³/mol. The molecule has 2 heterocycles. The summed E-state index contributed by atoms with van der Waals surface area (Å²) < 4.78 is 6.28. The molecule has 1 unspecified atom stereocenters. The number of ether oxygens (including phenoxy) is 1. The lowest BCUT2D eigenvalue weighted by molar-refractivity contribution is -0.00230. The molecular formula is C19H21N3O. The molecule has 1 aliphatic rings. The van der Waals surface area contributed by atoms with E-state index >= 15 is 0 Å². The minimum Gasteiger partial charge on any atom is -0.365 e. The van der Waals surface area contributed by atoms with Crippen LogP contribution in [-0.2, 0) is 4.74 Å². The SMILES string of the molecule is CN1CC(COC(c2ccccc2)c2nc3ccccc3[nH]2)C1. The molecule has 1 fully saturated rings. The number of hydrogen-bond donors (Lipinski definition) is 1. The number of benzene rings is 2. The van der Waals surface area contributed by atoms with Gasteiger partial charge in [0.15, 0.2) is 0 Å². The average molecular weight is 307 g/mol. The Morgan fingerprint density at radius 3 is 2.61 bits per heavy atom. The Hall–Kier alpha value is -2.17. The molecule has 0 bridgehead atoms. The molecule has 3 aromatic rings. The molecule has 0 amide bonds. The van der Waals surface area contributed by atoms with Crippen LogP contribution in [0.25, 0.3) is 11.0 Å². The van der Waals surface area contributed by atoms with Gasteiger partial charge in [0.25, 0.3) is 0 Å². The minimum absolute atomic E-state index is 0.144. The van der Waals surface area contributed by atoms with E-state index in [0.717, 1.165) is 42.1 Å². The zero-order valence-electron chi connectivity index (χ0n) is 13.3. The van der Waals surface area contributed by atoms with Gasteiger partial charge >= 0.3 is 0 Å². The van der Waals surface area contributed by atoms with E-state index in [0.29, 0.717) is 5.92 Å². The third kappa shape index (κ3) is 3.00. The number of rotatable bonds is 5. The second kappa shape index (κ2) is 6.14. The van der Waals surface area contributed by atoms with E-state index in [2.05, 4.69) is 35.1 Å². The highest BCUT2D eigenvalue weighted by atomic mass is 16.5. The van der Waals surface area contributed by atoms with Crippen molar-refractivity contribution >= 4 is 11.0 Å². The van der Waals surface area contributed by atoms with Crippen molar-refractivity contribution in [2.75, 3.05) is 26.7 Å². The fourth-order valence-corrected chi connectivity index (χ4v) is 3.22. The lowest BCUT2D eigenvalue weighted by atomic mass is 10.0. The Labute approximate surface area is 136 Å². The largest absolute Gasteiger partial charge is 0.365 e. The van der Waals surface area contributed by atoms with Crippen molar-refractivity contribution < 1.29 is 4.74 Å². The van der Waals surface area contributed by atoms with Crippen molar-refractivity contribution in [2.45, 2.75) is 6.10 Å². The Morgan fingerprint density at radius 2 is 1.87 bits per heavy atom. The molecule has 118 valence electrons. The maximum absolute atomic E-state index is 6.28. The first-order valence-corrected chi connectivity index (χ1v) is 8.09. The zero-order valence-corrected chi connectivity index (χ0v) is 13.3. The van der Waals surface area contributed by atoms with Gasteiger partial charge in [0.1, 0.15) is 11.9 Å². The van der Waals surface area contributed by atoms with Crippen molar-refractivity contribution in [2.24, 2.45) is 5.92 Å². The molecule has 4 nitrogen and oxygen atoms in total. The number of H-pyrrole nitrogens is 1. The number of aromatic amines is 1. The fraction of sp³-hybridized carbons (Fsp3) is 0.316. The zero-order chi connectivity index (χ0) is 15.6. The van der Waals surface area contributed by atoms with E-state index in [4.69, 9.17) is 9.72 Å². The first-order valence-electron chi connectivity index (χ1n) is 8.09. The van der Waals surface area contributed by atoms with Crippen molar-refractivity contribution in [3.05, 3.63) is 66.0 Å². The van der Waals surface area contributed by atoms with Gasteiger partial charge in [-0.1, -0.05) is 42.5 Å². The molecule has 0 aliphatic carbocycles. The van der Waals surface area contributed by atoms with Gasteiger partial charge < -0.3 is 14.6 Å². The fourth-order valence-electron chi connectivity index (χ4n) is 3.22. The van der Waals surface area contributed by atoms with Gasteiger partial charge in [0.05, 0.1) is 17.6 Å². The molecule has 23 heavy (non-hydrogen) atoms. The monoisotopic (exact) mass is 307 g/mol. The quantitative estimate of drug-likeness (QED) is 0.787. The molecule has 0 saturated carbocycles. The molecule has 0 spiro atoms. The lowest BCUT2D eigenvalue weighted by Gasteiger charge is -2.36. The minimum atomic E-state index is -0.144. The molecule has 4 rings (SSSR count). The number of aromatic nitrogens is 2. The van der Waals surface area contributed by atoms with E-state index in [-0.39, 0.29) is 6.10 Å². The van der Waals surface area contributed by atoms with Gasteiger partial charge in [-0.25, -0.2) is 4.98 Å². The first kappa shape index (κ1) is 14.4. The Bertz CT molecular complexity index is 744. The summed E-state index contributed by atoms with van der Waals surface area (Å²) in [6, 6.07) is 18.4. The number of nitrogens with one attached hydrogen (secondary N) is 1. The summed E-state index contributed by atoms with van der Waals surface area (Å²) in [7, 11) is 2.14. The summed E-state index contributed by atoms with van der Waals surface area (Å²) in [5, 5.41) is 0. The Kier molecular flexibility index (Phi) is 3.85. The molecule has 1 aliphatic heterocycles. The van der Waals surface area contributed by atoms with Crippen molar-refractivity contribution in [1.82, 2.24) is 14.9 Å². The van der Waals surface area contributed by atoms with Gasteiger partial charge in [-0.15, -0.1) is 0 Å². The van der Waals surface area contributed by atoms with Gasteiger partial charge in [-0.2, -0.15) is 0 Å². The van der Waals surface area contributed by atoms with E-state index in [9.17, 15) is 0 Å². The molecule has 1 atom stereocenters. The van der Waals surface area contributed by atoms with E-state index < -0.39 is 0 Å². The Balaban J connectivity index is 1.61. The van der Waals surface area contributed by atoms with E-state index in [1.165, 1.54) is 0 Å². The summed E-state index contributed by atoms with van der Waals surface area (Å²) in [6.45, 7) is 2.99. The number of likely N-dealkylation sites (tertiary alicyclic amines) is 1. The summed E-state index contributed by atoms with van der Waals surface area (Å²) in [5.41, 5.74) is 3.17. The highest BCUT2D eigenvalue weighted by Gasteiger charge is 2.26. The first-order chi connectivity index (χ1) is 11.3. The highest BCUT2D eigenvalue weighted by Crippen LogP contribution is 2.27. The molecule has 4 heteroatoms. The molecule has 1 saturated heterocycles. The summed E-state index contributed by atoms with van der Waals surface area (Å²) >= 11 is 0. The molecule has 2 aromatic carbocycles. The number of hydrogen-bond acceptors (Lipinski definition) is 3. The molecule has 0 radical (unpaired) electrons.